The molecule has 0 radical (unpaired) electrons. The molecule has 38 heavy (non-hydrogen) atoms. The third-order valence-corrected chi connectivity index (χ3v) is 8.00. The predicted octanol–water partition coefficient (Wildman–Crippen LogP) is 5.70. The molecule has 1 aliphatic carbocycles. The summed E-state index contributed by atoms with van der Waals surface area (Å²) in [6.45, 7) is 3.07. The van der Waals surface area contributed by atoms with Crippen LogP contribution in [0.3, 0.4) is 0 Å². The standard InChI is InChI=1S/C30H37NO7/c1-5-6-7-8-10-30-22-18-28-27(37-12-13-38-28)15-19(22)14-23(30)20-16-25(34-2)26(35-3)17-21(20)24(9-11-32)31(30)29(33)36-4/h14-18,24,32H,5-13H2,1-4H3. The number of nitrogens with zero attached hydrogens (tertiary/aromatic N) is 1. The maximum absolute atomic E-state index is 13.8. The van der Waals surface area contributed by atoms with Crippen molar-refractivity contribution >= 4 is 17.7 Å². The van der Waals surface area contributed by atoms with Gasteiger partial charge in [0.25, 0.3) is 0 Å². The van der Waals surface area contributed by atoms with Gasteiger partial charge >= 0.3 is 6.09 Å². The summed E-state index contributed by atoms with van der Waals surface area (Å²) in [6, 6.07) is 7.53. The van der Waals surface area contributed by atoms with Crippen molar-refractivity contribution in [1.82, 2.24) is 4.90 Å². The molecule has 2 aromatic carbocycles. The van der Waals surface area contributed by atoms with Gasteiger partial charge in [0.05, 0.1) is 32.9 Å². The number of ether oxygens (including phenoxy) is 5. The van der Waals surface area contributed by atoms with Gasteiger partial charge in [-0.1, -0.05) is 32.6 Å². The van der Waals surface area contributed by atoms with E-state index in [0.717, 1.165) is 53.5 Å². The summed E-state index contributed by atoms with van der Waals surface area (Å²) >= 11 is 0. The minimum absolute atomic E-state index is 0.0924. The Kier molecular flexibility index (Phi) is 7.43. The first-order valence-electron chi connectivity index (χ1n) is 13.4. The molecule has 8 nitrogen and oxygen atoms in total. The van der Waals surface area contributed by atoms with Crippen LogP contribution >= 0.6 is 0 Å². The highest BCUT2D eigenvalue weighted by Gasteiger charge is 2.56. The quantitative estimate of drug-likeness (QED) is 0.422. The summed E-state index contributed by atoms with van der Waals surface area (Å²) < 4.78 is 28.7. The maximum atomic E-state index is 13.8. The average Bonchev–Trinajstić information content (AvgIpc) is 3.26. The molecule has 8 heteroatoms. The molecule has 5 rings (SSSR count). The van der Waals surface area contributed by atoms with Gasteiger partial charge in [-0.25, -0.2) is 4.79 Å². The highest BCUT2D eigenvalue weighted by Crippen LogP contribution is 2.61. The Hall–Kier alpha value is -3.39. The number of rotatable bonds is 9. The molecule has 1 N–H and O–H groups in total. The van der Waals surface area contributed by atoms with E-state index >= 15 is 0 Å². The third kappa shape index (κ3) is 4.06. The maximum Gasteiger partial charge on any atom is 0.411 e. The number of hydrogen-bond acceptors (Lipinski definition) is 7. The molecule has 2 atom stereocenters. The molecule has 2 unspecified atom stereocenters. The van der Waals surface area contributed by atoms with Crippen molar-refractivity contribution in [1.29, 1.82) is 0 Å². The van der Waals surface area contributed by atoms with Crippen molar-refractivity contribution in [3.05, 3.63) is 46.5 Å². The van der Waals surface area contributed by atoms with Crippen LogP contribution in [-0.2, 0) is 10.3 Å². The second kappa shape index (κ2) is 10.8. The van der Waals surface area contributed by atoms with Gasteiger partial charge in [0.2, 0.25) is 0 Å². The highest BCUT2D eigenvalue weighted by molar-refractivity contribution is 5.99. The topological polar surface area (TPSA) is 86.7 Å². The monoisotopic (exact) mass is 523 g/mol. The van der Waals surface area contributed by atoms with Gasteiger partial charge in [0.1, 0.15) is 13.2 Å². The van der Waals surface area contributed by atoms with Gasteiger partial charge in [0, 0.05) is 6.61 Å². The second-order valence-corrected chi connectivity index (χ2v) is 9.97. The lowest BCUT2D eigenvalue weighted by molar-refractivity contribution is 0.0393. The number of carbonyl (C=O) groups is 1. The number of methoxy groups -OCH3 is 3. The smallest absolute Gasteiger partial charge is 0.411 e. The summed E-state index contributed by atoms with van der Waals surface area (Å²) in [7, 11) is 4.63. The van der Waals surface area contributed by atoms with Gasteiger partial charge in [-0.3, -0.25) is 4.90 Å². The molecule has 2 aliphatic heterocycles. The fourth-order valence-corrected chi connectivity index (χ4v) is 6.36. The fourth-order valence-electron chi connectivity index (χ4n) is 6.36. The van der Waals surface area contributed by atoms with Gasteiger partial charge < -0.3 is 28.8 Å². The van der Waals surface area contributed by atoms with E-state index in [-0.39, 0.29) is 6.61 Å². The molecule has 2 heterocycles. The average molecular weight is 524 g/mol. The zero-order valence-electron chi connectivity index (χ0n) is 22.7. The Labute approximate surface area is 224 Å². The number of hydrogen-bond donors (Lipinski definition) is 1. The largest absolute Gasteiger partial charge is 0.493 e. The van der Waals surface area contributed by atoms with Crippen LogP contribution in [0.25, 0.3) is 11.6 Å². The van der Waals surface area contributed by atoms with E-state index in [2.05, 4.69) is 13.0 Å². The molecule has 0 bridgehead atoms. The van der Waals surface area contributed by atoms with Gasteiger partial charge in [-0.2, -0.15) is 0 Å². The molecule has 2 aromatic rings. The molecular formula is C30H37NO7. The van der Waals surface area contributed by atoms with Crippen molar-refractivity contribution in [2.75, 3.05) is 41.2 Å². The minimum Gasteiger partial charge on any atom is -0.493 e. The van der Waals surface area contributed by atoms with E-state index in [1.165, 1.54) is 7.11 Å². The SMILES string of the molecule is CCCCCCC12C(=Cc3cc4c(cc31)OCCO4)c1cc(OC)c(OC)cc1C(CCO)N2C(=O)OC. The lowest BCUT2D eigenvalue weighted by Gasteiger charge is -2.51. The van der Waals surface area contributed by atoms with Gasteiger partial charge in [0.15, 0.2) is 23.0 Å². The van der Waals surface area contributed by atoms with E-state index in [9.17, 15) is 9.90 Å². The van der Waals surface area contributed by atoms with E-state index in [1.807, 2.05) is 29.2 Å². The first-order chi connectivity index (χ1) is 18.5. The Morgan fingerprint density at radius 3 is 2.39 bits per heavy atom. The number of aliphatic hydroxyl groups is 1. The van der Waals surface area contributed by atoms with Crippen molar-refractivity contribution in [3.63, 3.8) is 0 Å². The predicted molar refractivity (Wildman–Crippen MR) is 144 cm³/mol. The molecule has 0 spiro atoms. The Morgan fingerprint density at radius 1 is 1.03 bits per heavy atom. The summed E-state index contributed by atoms with van der Waals surface area (Å²) in [5.41, 5.74) is 4.04. The van der Waals surface area contributed by atoms with Crippen LogP contribution in [0.5, 0.6) is 23.0 Å². The second-order valence-electron chi connectivity index (χ2n) is 9.97. The van der Waals surface area contributed by atoms with E-state index in [1.54, 1.807) is 14.2 Å². The number of aliphatic hydroxyl groups excluding tert-OH is 1. The van der Waals surface area contributed by atoms with Crippen LogP contribution in [0.2, 0.25) is 0 Å². The number of amides is 1. The molecular weight excluding hydrogens is 486 g/mol. The molecule has 1 amide bonds. The van der Waals surface area contributed by atoms with E-state index < -0.39 is 17.7 Å². The normalized spacial score (nSPS) is 20.7. The number of benzene rings is 2. The van der Waals surface area contributed by atoms with Crippen molar-refractivity contribution < 1.29 is 33.6 Å². The lowest BCUT2D eigenvalue weighted by atomic mass is 9.71. The summed E-state index contributed by atoms with van der Waals surface area (Å²) in [6.07, 6.45) is 6.96. The summed E-state index contributed by atoms with van der Waals surface area (Å²) in [5.74, 6) is 2.57. The first-order valence-corrected chi connectivity index (χ1v) is 13.4. The Bertz CT molecular complexity index is 1240. The molecule has 0 saturated carbocycles. The van der Waals surface area contributed by atoms with E-state index in [0.29, 0.717) is 49.1 Å². The zero-order chi connectivity index (χ0) is 26.9. The van der Waals surface area contributed by atoms with Crippen LogP contribution in [-0.4, -0.2) is 57.2 Å². The number of fused-ring (bicyclic) bond motifs is 6. The molecule has 0 aromatic heterocycles. The van der Waals surface area contributed by atoms with E-state index in [4.69, 9.17) is 23.7 Å². The molecule has 3 aliphatic rings. The van der Waals surface area contributed by atoms with Crippen LogP contribution < -0.4 is 18.9 Å². The van der Waals surface area contributed by atoms with Crippen LogP contribution in [0.4, 0.5) is 4.79 Å². The zero-order valence-corrected chi connectivity index (χ0v) is 22.7. The van der Waals surface area contributed by atoms with Gasteiger partial charge in [-0.05, 0) is 71.0 Å². The minimum atomic E-state index is -0.807. The first kappa shape index (κ1) is 26.2. The Morgan fingerprint density at radius 2 is 1.74 bits per heavy atom. The molecule has 0 fully saturated rings. The number of carbonyl (C=O) groups excluding carboxylic acids is 1. The third-order valence-electron chi connectivity index (χ3n) is 8.00. The fraction of sp³-hybridized carbons (Fsp3) is 0.500. The molecule has 204 valence electrons. The van der Waals surface area contributed by atoms with Crippen LogP contribution in [0.1, 0.15) is 73.7 Å². The van der Waals surface area contributed by atoms with Crippen molar-refractivity contribution in [3.8, 4) is 23.0 Å². The Balaban J connectivity index is 1.80. The molecule has 0 saturated heterocycles. The van der Waals surface area contributed by atoms with Gasteiger partial charge in [-0.15, -0.1) is 0 Å². The summed E-state index contributed by atoms with van der Waals surface area (Å²) in [4.78, 5) is 15.6. The number of unbranched alkanes of at least 4 members (excludes halogenated alkanes) is 3. The van der Waals surface area contributed by atoms with Crippen LogP contribution in [0, 0.1) is 0 Å². The summed E-state index contributed by atoms with van der Waals surface area (Å²) in [5, 5.41) is 10.2. The van der Waals surface area contributed by atoms with Crippen LogP contribution in [0.15, 0.2) is 24.3 Å². The van der Waals surface area contributed by atoms with Crippen molar-refractivity contribution in [2.45, 2.75) is 57.0 Å². The highest BCUT2D eigenvalue weighted by atomic mass is 16.6. The van der Waals surface area contributed by atoms with Crippen molar-refractivity contribution in [2.24, 2.45) is 0 Å². The lowest BCUT2D eigenvalue weighted by Crippen LogP contribution is -2.54.